The van der Waals surface area contributed by atoms with Crippen LogP contribution in [0.1, 0.15) is 122 Å². The molecular formula is C21H43NO2. The molecule has 1 rings (SSSR count). The first-order valence-electron chi connectivity index (χ1n) is 10.8. The molecule has 1 atom stereocenters. The van der Waals surface area contributed by atoms with Crippen molar-refractivity contribution in [3.63, 3.8) is 0 Å². The lowest BCUT2D eigenvalue weighted by molar-refractivity contribution is -0.0592. The van der Waals surface area contributed by atoms with Crippen LogP contribution in [0.2, 0.25) is 0 Å². The summed E-state index contributed by atoms with van der Waals surface area (Å²) in [6.45, 7) is 2.27. The highest BCUT2D eigenvalue weighted by molar-refractivity contribution is 4.79. The lowest BCUT2D eigenvalue weighted by Gasteiger charge is -2.31. The fourth-order valence-corrected chi connectivity index (χ4v) is 3.84. The SMILES string of the molecule is CCCCCCCCCCCCCC(O)NC1(O)CCCCCC1. The highest BCUT2D eigenvalue weighted by atomic mass is 16.3. The van der Waals surface area contributed by atoms with Crippen molar-refractivity contribution >= 4 is 0 Å². The summed E-state index contributed by atoms with van der Waals surface area (Å²) in [6, 6.07) is 0. The van der Waals surface area contributed by atoms with Crippen molar-refractivity contribution in [1.82, 2.24) is 5.32 Å². The van der Waals surface area contributed by atoms with Crippen LogP contribution in [0.4, 0.5) is 0 Å². The number of unbranched alkanes of at least 4 members (excludes halogenated alkanes) is 10. The Labute approximate surface area is 150 Å². The Morgan fingerprint density at radius 2 is 1.21 bits per heavy atom. The molecule has 24 heavy (non-hydrogen) atoms. The molecule has 3 heteroatoms. The second kappa shape index (κ2) is 14.1. The first-order chi connectivity index (χ1) is 11.7. The maximum Gasteiger partial charge on any atom is 0.117 e. The summed E-state index contributed by atoms with van der Waals surface area (Å²) in [5.41, 5.74) is -0.826. The molecule has 0 bridgehead atoms. The van der Waals surface area contributed by atoms with Gasteiger partial charge in [0.05, 0.1) is 0 Å². The highest BCUT2D eigenvalue weighted by Gasteiger charge is 2.29. The Bertz CT molecular complexity index is 275. The Hall–Kier alpha value is -0.120. The van der Waals surface area contributed by atoms with E-state index in [2.05, 4.69) is 12.2 Å². The fourth-order valence-electron chi connectivity index (χ4n) is 3.84. The molecule has 0 aromatic carbocycles. The van der Waals surface area contributed by atoms with Gasteiger partial charge in [0.25, 0.3) is 0 Å². The largest absolute Gasteiger partial charge is 0.379 e. The Morgan fingerprint density at radius 1 is 0.750 bits per heavy atom. The van der Waals surface area contributed by atoms with Crippen LogP contribution in [0.3, 0.4) is 0 Å². The zero-order chi connectivity index (χ0) is 17.5. The van der Waals surface area contributed by atoms with Crippen LogP contribution < -0.4 is 5.32 Å². The molecule has 1 unspecified atom stereocenters. The molecule has 0 amide bonds. The third-order valence-corrected chi connectivity index (χ3v) is 5.45. The monoisotopic (exact) mass is 341 g/mol. The van der Waals surface area contributed by atoms with Crippen LogP contribution in [0.25, 0.3) is 0 Å². The molecule has 144 valence electrons. The number of aliphatic hydroxyl groups excluding tert-OH is 1. The van der Waals surface area contributed by atoms with Gasteiger partial charge in [-0.2, -0.15) is 0 Å². The van der Waals surface area contributed by atoms with E-state index in [1.54, 1.807) is 0 Å². The van der Waals surface area contributed by atoms with Gasteiger partial charge >= 0.3 is 0 Å². The van der Waals surface area contributed by atoms with Crippen molar-refractivity contribution < 1.29 is 10.2 Å². The molecule has 1 aliphatic rings. The standard InChI is InChI=1S/C21H43NO2/c1-2-3-4-5-6-7-8-9-10-11-14-17-20(23)22-21(24)18-15-12-13-16-19-21/h20,22-24H,2-19H2,1H3. The van der Waals surface area contributed by atoms with E-state index in [1.165, 1.54) is 77.0 Å². The van der Waals surface area contributed by atoms with Gasteiger partial charge in [0.15, 0.2) is 0 Å². The summed E-state index contributed by atoms with van der Waals surface area (Å²) >= 11 is 0. The number of hydrogen-bond acceptors (Lipinski definition) is 3. The number of hydrogen-bond donors (Lipinski definition) is 3. The van der Waals surface area contributed by atoms with Crippen LogP contribution >= 0.6 is 0 Å². The van der Waals surface area contributed by atoms with Gasteiger partial charge in [-0.3, -0.25) is 5.32 Å². The summed E-state index contributed by atoms with van der Waals surface area (Å²) in [4.78, 5) is 0. The van der Waals surface area contributed by atoms with Crippen LogP contribution in [-0.4, -0.2) is 22.2 Å². The quantitative estimate of drug-likeness (QED) is 0.218. The minimum atomic E-state index is -0.826. The lowest BCUT2D eigenvalue weighted by Crippen LogP contribution is -2.50. The van der Waals surface area contributed by atoms with E-state index in [9.17, 15) is 10.2 Å². The van der Waals surface area contributed by atoms with Gasteiger partial charge in [-0.15, -0.1) is 0 Å². The zero-order valence-corrected chi connectivity index (χ0v) is 16.2. The van der Waals surface area contributed by atoms with Gasteiger partial charge in [-0.25, -0.2) is 0 Å². The van der Waals surface area contributed by atoms with Gasteiger partial charge < -0.3 is 10.2 Å². The summed E-state index contributed by atoms with van der Waals surface area (Å²) in [5.74, 6) is 0. The molecule has 0 aliphatic heterocycles. The number of rotatable bonds is 14. The molecule has 3 N–H and O–H groups in total. The van der Waals surface area contributed by atoms with Gasteiger partial charge in [-0.1, -0.05) is 84.0 Å². The summed E-state index contributed by atoms with van der Waals surface area (Å²) in [5, 5.41) is 23.7. The molecule has 0 radical (unpaired) electrons. The minimum absolute atomic E-state index is 0.549. The van der Waals surface area contributed by atoms with Crippen molar-refractivity contribution in [2.45, 2.75) is 134 Å². The molecule has 3 nitrogen and oxygen atoms in total. The molecule has 0 saturated heterocycles. The van der Waals surface area contributed by atoms with E-state index in [0.717, 1.165) is 38.5 Å². The third kappa shape index (κ3) is 11.4. The van der Waals surface area contributed by atoms with E-state index in [1.807, 2.05) is 0 Å². The second-order valence-corrected chi connectivity index (χ2v) is 7.93. The molecule has 0 spiro atoms. The van der Waals surface area contributed by atoms with Gasteiger partial charge in [0.1, 0.15) is 12.0 Å². The van der Waals surface area contributed by atoms with Crippen LogP contribution in [0.5, 0.6) is 0 Å². The number of nitrogens with one attached hydrogen (secondary N) is 1. The van der Waals surface area contributed by atoms with E-state index in [-0.39, 0.29) is 0 Å². The van der Waals surface area contributed by atoms with Gasteiger partial charge in [0, 0.05) is 0 Å². The van der Waals surface area contributed by atoms with E-state index >= 15 is 0 Å². The van der Waals surface area contributed by atoms with E-state index < -0.39 is 12.0 Å². The van der Waals surface area contributed by atoms with Crippen molar-refractivity contribution in [1.29, 1.82) is 0 Å². The predicted molar refractivity (Wildman–Crippen MR) is 103 cm³/mol. The summed E-state index contributed by atoms with van der Waals surface area (Å²) < 4.78 is 0. The van der Waals surface area contributed by atoms with Crippen LogP contribution in [0, 0.1) is 0 Å². The molecule has 0 aromatic heterocycles. The van der Waals surface area contributed by atoms with Crippen molar-refractivity contribution in [2.75, 3.05) is 0 Å². The minimum Gasteiger partial charge on any atom is -0.379 e. The molecule has 1 aliphatic carbocycles. The Morgan fingerprint density at radius 3 is 1.71 bits per heavy atom. The first kappa shape index (κ1) is 21.9. The molecule has 0 aromatic rings. The first-order valence-corrected chi connectivity index (χ1v) is 10.8. The molecule has 1 saturated carbocycles. The van der Waals surface area contributed by atoms with E-state index in [0.29, 0.717) is 0 Å². The fraction of sp³-hybridized carbons (Fsp3) is 1.00. The van der Waals surface area contributed by atoms with Crippen molar-refractivity contribution in [3.8, 4) is 0 Å². The molecule has 0 heterocycles. The maximum absolute atomic E-state index is 10.5. The number of aliphatic hydroxyl groups is 2. The predicted octanol–water partition coefficient (Wildman–Crippen LogP) is 5.64. The maximum atomic E-state index is 10.5. The lowest BCUT2D eigenvalue weighted by atomic mass is 10.0. The topological polar surface area (TPSA) is 52.5 Å². The highest BCUT2D eigenvalue weighted by Crippen LogP contribution is 2.25. The zero-order valence-electron chi connectivity index (χ0n) is 16.2. The Balaban J connectivity index is 1.91. The summed E-state index contributed by atoms with van der Waals surface area (Å²) in [6.07, 6.45) is 20.9. The van der Waals surface area contributed by atoms with Gasteiger partial charge in [0.2, 0.25) is 0 Å². The van der Waals surface area contributed by atoms with Crippen molar-refractivity contribution in [3.05, 3.63) is 0 Å². The normalized spacial score (nSPS) is 19.1. The van der Waals surface area contributed by atoms with Crippen LogP contribution in [-0.2, 0) is 0 Å². The van der Waals surface area contributed by atoms with E-state index in [4.69, 9.17) is 0 Å². The Kier molecular flexibility index (Phi) is 12.9. The van der Waals surface area contributed by atoms with Gasteiger partial charge in [-0.05, 0) is 38.5 Å². The third-order valence-electron chi connectivity index (χ3n) is 5.45. The van der Waals surface area contributed by atoms with Crippen LogP contribution in [0.15, 0.2) is 0 Å². The smallest absolute Gasteiger partial charge is 0.117 e. The molecular weight excluding hydrogens is 298 g/mol. The average molecular weight is 342 g/mol. The second-order valence-electron chi connectivity index (χ2n) is 7.93. The average Bonchev–Trinajstić information content (AvgIpc) is 2.77. The molecule has 1 fully saturated rings. The summed E-state index contributed by atoms with van der Waals surface area (Å²) in [7, 11) is 0. The van der Waals surface area contributed by atoms with Crippen molar-refractivity contribution in [2.24, 2.45) is 0 Å².